The zero-order valence-electron chi connectivity index (χ0n) is 8.20. The second-order valence-corrected chi connectivity index (χ2v) is 3.08. The van der Waals surface area contributed by atoms with E-state index in [4.69, 9.17) is 11.0 Å². The smallest absolute Gasteiger partial charge is 0.103 e. The lowest BCUT2D eigenvalue weighted by molar-refractivity contribution is 0.679. The summed E-state index contributed by atoms with van der Waals surface area (Å²) in [6.07, 6.45) is 4.11. The van der Waals surface area contributed by atoms with Crippen molar-refractivity contribution < 1.29 is 0 Å². The molecule has 0 saturated carbocycles. The number of hydrogen-bond acceptors (Lipinski definition) is 4. The molecule has 0 amide bonds. The third-order valence-electron chi connectivity index (χ3n) is 2.02. The number of nitriles is 1. The molecule has 0 radical (unpaired) electrons. The summed E-state index contributed by atoms with van der Waals surface area (Å²) < 4.78 is 0. The first kappa shape index (κ1) is 10.5. The van der Waals surface area contributed by atoms with Crippen LogP contribution >= 0.6 is 0 Å². The lowest BCUT2D eigenvalue weighted by Crippen LogP contribution is -2.28. The highest BCUT2D eigenvalue weighted by molar-refractivity contribution is 5.55. The monoisotopic (exact) mass is 190 g/mol. The van der Waals surface area contributed by atoms with E-state index in [-0.39, 0.29) is 6.04 Å². The molecule has 4 heteroatoms. The van der Waals surface area contributed by atoms with Crippen molar-refractivity contribution in [1.82, 2.24) is 4.98 Å². The molecule has 74 valence electrons. The van der Waals surface area contributed by atoms with Gasteiger partial charge in [-0.1, -0.05) is 6.92 Å². The van der Waals surface area contributed by atoms with Crippen molar-refractivity contribution >= 4 is 5.69 Å². The summed E-state index contributed by atoms with van der Waals surface area (Å²) in [5.74, 6) is 0. The van der Waals surface area contributed by atoms with Gasteiger partial charge in [0.05, 0.1) is 11.3 Å². The van der Waals surface area contributed by atoms with E-state index in [2.05, 4.69) is 16.4 Å². The Morgan fingerprint density at radius 1 is 1.71 bits per heavy atom. The van der Waals surface area contributed by atoms with Gasteiger partial charge in [-0.25, -0.2) is 0 Å². The van der Waals surface area contributed by atoms with E-state index >= 15 is 0 Å². The molecular weight excluding hydrogens is 176 g/mol. The molecule has 0 aliphatic rings. The largest absolute Gasteiger partial charge is 0.382 e. The van der Waals surface area contributed by atoms with E-state index in [9.17, 15) is 0 Å². The standard InChI is InChI=1S/C10H14N4/c1-2-9(12)7-14-10-3-4-13-6-8(10)5-11/h3-4,6,9H,2,7,12H2,1H3,(H,13,14). The van der Waals surface area contributed by atoms with Crippen molar-refractivity contribution in [3.63, 3.8) is 0 Å². The molecule has 1 aromatic heterocycles. The normalized spacial score (nSPS) is 11.8. The van der Waals surface area contributed by atoms with Crippen LogP contribution in [0.3, 0.4) is 0 Å². The number of nitrogens with zero attached hydrogens (tertiary/aromatic N) is 2. The zero-order chi connectivity index (χ0) is 10.4. The molecule has 1 heterocycles. The SMILES string of the molecule is CCC(N)CNc1ccncc1C#N. The summed E-state index contributed by atoms with van der Waals surface area (Å²) in [6.45, 7) is 2.71. The molecule has 1 unspecified atom stereocenters. The van der Waals surface area contributed by atoms with Crippen LogP contribution in [0, 0.1) is 11.3 Å². The Morgan fingerprint density at radius 3 is 3.14 bits per heavy atom. The van der Waals surface area contributed by atoms with E-state index < -0.39 is 0 Å². The van der Waals surface area contributed by atoms with Crippen molar-refractivity contribution in [2.75, 3.05) is 11.9 Å². The number of pyridine rings is 1. The molecule has 0 saturated heterocycles. The minimum Gasteiger partial charge on any atom is -0.382 e. The van der Waals surface area contributed by atoms with Gasteiger partial charge < -0.3 is 11.1 Å². The van der Waals surface area contributed by atoms with Gasteiger partial charge in [0.1, 0.15) is 6.07 Å². The van der Waals surface area contributed by atoms with Crippen LogP contribution in [0.1, 0.15) is 18.9 Å². The van der Waals surface area contributed by atoms with E-state index in [1.165, 1.54) is 0 Å². The van der Waals surface area contributed by atoms with Gasteiger partial charge in [-0.2, -0.15) is 5.26 Å². The fourth-order valence-electron chi connectivity index (χ4n) is 1.02. The summed E-state index contributed by atoms with van der Waals surface area (Å²) in [4.78, 5) is 3.87. The molecule has 0 aliphatic carbocycles. The molecule has 0 fully saturated rings. The van der Waals surface area contributed by atoms with Crippen LogP contribution in [0.4, 0.5) is 5.69 Å². The van der Waals surface area contributed by atoms with Crippen LogP contribution in [0.25, 0.3) is 0 Å². The van der Waals surface area contributed by atoms with E-state index in [0.29, 0.717) is 12.1 Å². The van der Waals surface area contributed by atoms with Crippen LogP contribution in [-0.4, -0.2) is 17.6 Å². The summed E-state index contributed by atoms with van der Waals surface area (Å²) in [6, 6.07) is 3.97. The highest BCUT2D eigenvalue weighted by atomic mass is 14.9. The van der Waals surface area contributed by atoms with E-state index in [0.717, 1.165) is 12.1 Å². The van der Waals surface area contributed by atoms with Gasteiger partial charge in [0, 0.05) is 25.0 Å². The van der Waals surface area contributed by atoms with Crippen molar-refractivity contribution in [2.45, 2.75) is 19.4 Å². The van der Waals surface area contributed by atoms with Gasteiger partial charge in [-0.3, -0.25) is 4.98 Å². The van der Waals surface area contributed by atoms with Crippen molar-refractivity contribution in [3.8, 4) is 6.07 Å². The molecule has 0 aromatic carbocycles. The third kappa shape index (κ3) is 2.71. The number of nitrogens with two attached hydrogens (primary N) is 1. The molecular formula is C10H14N4. The first-order chi connectivity index (χ1) is 6.77. The Labute approximate surface area is 83.8 Å². The summed E-state index contributed by atoms with van der Waals surface area (Å²) in [7, 11) is 0. The second-order valence-electron chi connectivity index (χ2n) is 3.08. The summed E-state index contributed by atoms with van der Waals surface area (Å²) >= 11 is 0. The van der Waals surface area contributed by atoms with Crippen LogP contribution in [-0.2, 0) is 0 Å². The average Bonchev–Trinajstić information content (AvgIpc) is 2.26. The molecule has 3 N–H and O–H groups in total. The molecule has 0 aliphatic heterocycles. The van der Waals surface area contributed by atoms with Crippen molar-refractivity contribution in [1.29, 1.82) is 5.26 Å². The van der Waals surface area contributed by atoms with Crippen LogP contribution in [0.15, 0.2) is 18.5 Å². The van der Waals surface area contributed by atoms with Crippen molar-refractivity contribution in [2.24, 2.45) is 5.73 Å². The third-order valence-corrected chi connectivity index (χ3v) is 2.02. The second kappa shape index (κ2) is 5.20. The molecule has 14 heavy (non-hydrogen) atoms. The quantitative estimate of drug-likeness (QED) is 0.745. The minimum atomic E-state index is 0.120. The fraction of sp³-hybridized carbons (Fsp3) is 0.400. The summed E-state index contributed by atoms with van der Waals surface area (Å²) in [5.41, 5.74) is 7.10. The van der Waals surface area contributed by atoms with Gasteiger partial charge in [-0.05, 0) is 12.5 Å². The van der Waals surface area contributed by atoms with Gasteiger partial charge >= 0.3 is 0 Å². The zero-order valence-corrected chi connectivity index (χ0v) is 8.20. The average molecular weight is 190 g/mol. The van der Waals surface area contributed by atoms with E-state index in [1.807, 2.05) is 6.92 Å². The number of rotatable bonds is 4. The minimum absolute atomic E-state index is 0.120. The van der Waals surface area contributed by atoms with Crippen LogP contribution in [0.5, 0.6) is 0 Å². The van der Waals surface area contributed by atoms with Gasteiger partial charge in [0.25, 0.3) is 0 Å². The highest BCUT2D eigenvalue weighted by Crippen LogP contribution is 2.11. The lowest BCUT2D eigenvalue weighted by atomic mass is 10.2. The maximum Gasteiger partial charge on any atom is 0.103 e. The number of aromatic nitrogens is 1. The lowest BCUT2D eigenvalue weighted by Gasteiger charge is -2.11. The topological polar surface area (TPSA) is 74.7 Å². The van der Waals surface area contributed by atoms with Crippen molar-refractivity contribution in [3.05, 3.63) is 24.0 Å². The Morgan fingerprint density at radius 2 is 2.50 bits per heavy atom. The predicted octanol–water partition coefficient (Wildman–Crippen LogP) is 1.10. The summed E-state index contributed by atoms with van der Waals surface area (Å²) in [5, 5.41) is 11.9. The first-order valence-corrected chi connectivity index (χ1v) is 4.61. The molecule has 0 bridgehead atoms. The van der Waals surface area contributed by atoms with Gasteiger partial charge in [0.15, 0.2) is 0 Å². The number of hydrogen-bond donors (Lipinski definition) is 2. The Balaban J connectivity index is 2.63. The Kier molecular flexibility index (Phi) is 3.89. The van der Waals surface area contributed by atoms with Gasteiger partial charge in [0.2, 0.25) is 0 Å². The maximum absolute atomic E-state index is 8.78. The first-order valence-electron chi connectivity index (χ1n) is 4.61. The van der Waals surface area contributed by atoms with Crippen LogP contribution in [0.2, 0.25) is 0 Å². The van der Waals surface area contributed by atoms with E-state index in [1.54, 1.807) is 18.5 Å². The maximum atomic E-state index is 8.78. The van der Waals surface area contributed by atoms with Crippen LogP contribution < -0.4 is 11.1 Å². The Bertz CT molecular complexity index is 329. The fourth-order valence-corrected chi connectivity index (χ4v) is 1.02. The molecule has 1 atom stereocenters. The number of anilines is 1. The highest BCUT2D eigenvalue weighted by Gasteiger charge is 2.02. The Hall–Kier alpha value is -1.60. The predicted molar refractivity (Wildman–Crippen MR) is 55.7 cm³/mol. The molecule has 0 spiro atoms. The molecule has 4 nitrogen and oxygen atoms in total. The number of nitrogens with one attached hydrogen (secondary N) is 1. The van der Waals surface area contributed by atoms with Gasteiger partial charge in [-0.15, -0.1) is 0 Å². The molecule has 1 aromatic rings. The molecule has 1 rings (SSSR count).